The maximum Gasteiger partial charge on any atom is -0.00746 e. The maximum absolute atomic E-state index is 5.47. The van der Waals surface area contributed by atoms with Gasteiger partial charge in [0.25, 0.3) is 0 Å². The van der Waals surface area contributed by atoms with E-state index < -0.39 is 0 Å². The molecule has 1 fully saturated rings. The summed E-state index contributed by atoms with van der Waals surface area (Å²) in [5.41, 5.74) is 6.91. The third kappa shape index (κ3) is 2.14. The van der Waals surface area contributed by atoms with Gasteiger partial charge in [-0.3, -0.25) is 0 Å². The van der Waals surface area contributed by atoms with Crippen LogP contribution in [0.4, 0.5) is 0 Å². The number of hydrogen-bond acceptors (Lipinski definition) is 1. The van der Waals surface area contributed by atoms with Crippen LogP contribution in [0, 0.1) is 5.92 Å². The highest BCUT2D eigenvalue weighted by Gasteiger charge is 2.13. The molecule has 0 atom stereocenters. The van der Waals surface area contributed by atoms with Gasteiger partial charge in [0.05, 0.1) is 0 Å². The highest BCUT2D eigenvalue weighted by atomic mass is 14.5. The summed E-state index contributed by atoms with van der Waals surface area (Å²) >= 11 is 0. The van der Waals surface area contributed by atoms with Gasteiger partial charge in [0, 0.05) is 0 Å². The Morgan fingerprint density at radius 3 is 2.50 bits per heavy atom. The first-order valence-corrected chi connectivity index (χ1v) is 4.19. The Hall–Kier alpha value is -0.300. The molecule has 0 aromatic heterocycles. The average molecular weight is 139 g/mol. The Morgan fingerprint density at radius 1 is 1.40 bits per heavy atom. The molecule has 1 nitrogen and oxygen atoms in total. The molecular weight excluding hydrogens is 122 g/mol. The lowest BCUT2D eigenvalue weighted by molar-refractivity contribution is 0.389. The molecule has 2 N–H and O–H groups in total. The van der Waals surface area contributed by atoms with Crippen molar-refractivity contribution in [2.45, 2.75) is 32.1 Å². The van der Waals surface area contributed by atoms with E-state index in [2.05, 4.69) is 6.58 Å². The third-order valence-electron chi connectivity index (χ3n) is 2.39. The highest BCUT2D eigenvalue weighted by Crippen LogP contribution is 2.28. The van der Waals surface area contributed by atoms with Crippen LogP contribution in [0.25, 0.3) is 0 Å². The maximum atomic E-state index is 5.47. The molecule has 0 aliphatic heterocycles. The number of nitrogens with two attached hydrogens (primary N) is 1. The molecule has 58 valence electrons. The summed E-state index contributed by atoms with van der Waals surface area (Å²) in [6.45, 7) is 4.84. The molecule has 0 aromatic rings. The molecule has 0 heterocycles. The van der Waals surface area contributed by atoms with Crippen LogP contribution in [-0.2, 0) is 0 Å². The summed E-state index contributed by atoms with van der Waals surface area (Å²) in [7, 11) is 0. The average Bonchev–Trinajstić information content (AvgIpc) is 1.95. The monoisotopic (exact) mass is 139 g/mol. The molecule has 0 saturated heterocycles. The van der Waals surface area contributed by atoms with E-state index in [-0.39, 0.29) is 0 Å². The van der Waals surface area contributed by atoms with E-state index in [9.17, 15) is 0 Å². The first kappa shape index (κ1) is 7.80. The fraction of sp³-hybridized carbons (Fsp3) is 0.778. The summed E-state index contributed by atoms with van der Waals surface area (Å²) in [4.78, 5) is 0. The van der Waals surface area contributed by atoms with Gasteiger partial charge in [0.2, 0.25) is 0 Å². The largest absolute Gasteiger partial charge is 0.330 e. The van der Waals surface area contributed by atoms with Gasteiger partial charge >= 0.3 is 0 Å². The quantitative estimate of drug-likeness (QED) is 0.582. The predicted molar refractivity (Wildman–Crippen MR) is 44.8 cm³/mol. The number of rotatable bonds is 2. The van der Waals surface area contributed by atoms with Crippen molar-refractivity contribution >= 4 is 0 Å². The molecule has 1 heteroatoms. The zero-order valence-electron chi connectivity index (χ0n) is 6.60. The number of hydrogen-bond donors (Lipinski definition) is 1. The van der Waals surface area contributed by atoms with Gasteiger partial charge in [-0.1, -0.05) is 12.2 Å². The fourth-order valence-electron chi connectivity index (χ4n) is 1.61. The topological polar surface area (TPSA) is 26.0 Å². The molecule has 1 aliphatic rings. The van der Waals surface area contributed by atoms with Gasteiger partial charge in [0.1, 0.15) is 0 Å². The molecule has 0 amide bonds. The van der Waals surface area contributed by atoms with E-state index in [4.69, 9.17) is 5.73 Å². The van der Waals surface area contributed by atoms with E-state index in [1.807, 2.05) is 0 Å². The minimum Gasteiger partial charge on any atom is -0.330 e. The molecule has 1 saturated carbocycles. The van der Waals surface area contributed by atoms with Crippen molar-refractivity contribution in [3.05, 3.63) is 12.2 Å². The Bertz CT molecular complexity index is 108. The normalized spacial score (nSPS) is 21.5. The van der Waals surface area contributed by atoms with E-state index in [0.717, 1.165) is 12.5 Å². The summed E-state index contributed by atoms with van der Waals surface area (Å²) in [5, 5.41) is 0. The van der Waals surface area contributed by atoms with Gasteiger partial charge in [0.15, 0.2) is 0 Å². The lowest BCUT2D eigenvalue weighted by Crippen LogP contribution is -2.12. The second kappa shape index (κ2) is 3.77. The Morgan fingerprint density at radius 2 is 2.00 bits per heavy atom. The molecule has 1 rings (SSSR count). The molecule has 0 spiro atoms. The van der Waals surface area contributed by atoms with Crippen LogP contribution in [0.15, 0.2) is 12.2 Å². The predicted octanol–water partition coefficient (Wildman–Crippen LogP) is 2.08. The van der Waals surface area contributed by atoms with Crippen LogP contribution in [0.3, 0.4) is 0 Å². The van der Waals surface area contributed by atoms with Crippen molar-refractivity contribution in [3.8, 4) is 0 Å². The van der Waals surface area contributed by atoms with Gasteiger partial charge in [-0.05, 0) is 44.6 Å². The van der Waals surface area contributed by atoms with Gasteiger partial charge in [-0.2, -0.15) is 0 Å². The van der Waals surface area contributed by atoms with Crippen molar-refractivity contribution in [2.75, 3.05) is 6.54 Å². The Labute approximate surface area is 63.3 Å². The van der Waals surface area contributed by atoms with Crippen LogP contribution in [0.2, 0.25) is 0 Å². The minimum absolute atomic E-state index is 0.858. The second-order valence-electron chi connectivity index (χ2n) is 3.27. The van der Waals surface area contributed by atoms with Crippen molar-refractivity contribution < 1.29 is 0 Å². The van der Waals surface area contributed by atoms with Crippen molar-refractivity contribution in [2.24, 2.45) is 11.7 Å². The van der Waals surface area contributed by atoms with Crippen LogP contribution in [0.1, 0.15) is 32.1 Å². The third-order valence-corrected chi connectivity index (χ3v) is 2.39. The smallest absolute Gasteiger partial charge is 0.00746 e. The summed E-state index contributed by atoms with van der Waals surface area (Å²) in [6.07, 6.45) is 6.36. The van der Waals surface area contributed by atoms with Gasteiger partial charge < -0.3 is 5.73 Å². The van der Waals surface area contributed by atoms with E-state index in [1.165, 1.54) is 37.7 Å². The van der Waals surface area contributed by atoms with Crippen LogP contribution in [0.5, 0.6) is 0 Å². The van der Waals surface area contributed by atoms with Crippen LogP contribution in [-0.4, -0.2) is 6.54 Å². The minimum atomic E-state index is 0.858. The van der Waals surface area contributed by atoms with Crippen LogP contribution >= 0.6 is 0 Å². The molecule has 10 heavy (non-hydrogen) atoms. The highest BCUT2D eigenvalue weighted by molar-refractivity contribution is 4.98. The molecule has 0 aromatic carbocycles. The molecule has 0 radical (unpaired) electrons. The molecule has 0 unspecified atom stereocenters. The zero-order valence-corrected chi connectivity index (χ0v) is 6.60. The molecular formula is C9H17N. The van der Waals surface area contributed by atoms with E-state index >= 15 is 0 Å². The Balaban J connectivity index is 2.19. The second-order valence-corrected chi connectivity index (χ2v) is 3.27. The lowest BCUT2D eigenvalue weighted by atomic mass is 9.85. The van der Waals surface area contributed by atoms with E-state index in [0.29, 0.717) is 0 Å². The van der Waals surface area contributed by atoms with Crippen molar-refractivity contribution in [1.82, 2.24) is 0 Å². The van der Waals surface area contributed by atoms with Gasteiger partial charge in [-0.25, -0.2) is 0 Å². The van der Waals surface area contributed by atoms with Crippen molar-refractivity contribution in [3.63, 3.8) is 0 Å². The standard InChI is InChI=1S/C9H17N/c1-8-2-4-9(5-3-8)6-7-10/h9H,1-7,10H2. The Kier molecular flexibility index (Phi) is 2.94. The van der Waals surface area contributed by atoms with E-state index in [1.54, 1.807) is 0 Å². The zero-order chi connectivity index (χ0) is 7.40. The summed E-state index contributed by atoms with van der Waals surface area (Å²) in [6, 6.07) is 0. The van der Waals surface area contributed by atoms with Crippen LogP contribution < -0.4 is 5.73 Å². The molecule has 1 aliphatic carbocycles. The number of allylic oxidation sites excluding steroid dienone is 1. The first-order chi connectivity index (χ1) is 4.83. The first-order valence-electron chi connectivity index (χ1n) is 4.19. The summed E-state index contributed by atoms with van der Waals surface area (Å²) < 4.78 is 0. The SMILES string of the molecule is C=C1CCC(CCN)CC1. The van der Waals surface area contributed by atoms with Gasteiger partial charge in [-0.15, -0.1) is 0 Å². The van der Waals surface area contributed by atoms with Crippen molar-refractivity contribution in [1.29, 1.82) is 0 Å². The fourth-order valence-corrected chi connectivity index (χ4v) is 1.61. The molecule has 0 bridgehead atoms. The summed E-state index contributed by atoms with van der Waals surface area (Å²) in [5.74, 6) is 0.899. The lowest BCUT2D eigenvalue weighted by Gasteiger charge is -2.22.